The molecule has 10 nitrogen and oxygen atoms in total. The van der Waals surface area contributed by atoms with E-state index in [9.17, 15) is 27.6 Å². The number of benzene rings is 4. The predicted molar refractivity (Wildman–Crippen MR) is 138 cm³/mol. The third kappa shape index (κ3) is 3.59. The van der Waals surface area contributed by atoms with Crippen molar-refractivity contribution in [3.8, 4) is 11.5 Å². The van der Waals surface area contributed by atoms with Crippen LogP contribution in [0.1, 0.15) is 63.7 Å². The zero-order valence-electron chi connectivity index (χ0n) is 19.8. The summed E-state index contributed by atoms with van der Waals surface area (Å²) in [7, 11) is -5.03. The first-order valence-electron chi connectivity index (χ1n) is 11.4. The molecule has 0 unspecified atom stereocenters. The van der Waals surface area contributed by atoms with Gasteiger partial charge >= 0.3 is 10.4 Å². The van der Waals surface area contributed by atoms with Crippen LogP contribution in [-0.2, 0) is 10.4 Å². The first-order valence-corrected chi connectivity index (χ1v) is 12.8. The van der Waals surface area contributed by atoms with E-state index in [-0.39, 0.29) is 55.9 Å². The highest BCUT2D eigenvalue weighted by Crippen LogP contribution is 2.39. The highest BCUT2D eigenvalue weighted by atomic mass is 32.3. The third-order valence-electron chi connectivity index (χ3n) is 6.52. The molecule has 0 aromatic heterocycles. The Morgan fingerprint density at radius 3 is 1.10 bits per heavy atom. The number of rotatable bonds is 4. The van der Waals surface area contributed by atoms with Crippen molar-refractivity contribution in [3.63, 3.8) is 0 Å². The first-order chi connectivity index (χ1) is 18.6. The summed E-state index contributed by atoms with van der Waals surface area (Å²) >= 11 is 0. The maximum atomic E-state index is 13.3. The van der Waals surface area contributed by atoms with E-state index >= 15 is 0 Å². The molecule has 0 aliphatic heterocycles. The summed E-state index contributed by atoms with van der Waals surface area (Å²) < 4.78 is 36.4. The molecule has 4 N–H and O–H groups in total. The fraction of sp³-hybridized carbons (Fsp3) is 0. The van der Waals surface area contributed by atoms with Gasteiger partial charge < -0.3 is 19.8 Å². The Hall–Kier alpha value is -5.29. The topological polar surface area (TPSA) is 173 Å². The van der Waals surface area contributed by atoms with Crippen LogP contribution in [0.15, 0.2) is 72.8 Å². The van der Waals surface area contributed by atoms with E-state index in [1.807, 2.05) is 0 Å². The van der Waals surface area contributed by atoms with Gasteiger partial charge in [-0.15, -0.1) is 8.42 Å². The SMILES string of the molecule is Nc1ccc(OS(=O)(=O)Oc2ccc(N)c3c2C(=O)c2ccccc2C3=O)c2c1C(=O)c1ccccc1C2=O. The summed E-state index contributed by atoms with van der Waals surface area (Å²) in [5.41, 5.74) is 11.1. The van der Waals surface area contributed by atoms with Crippen LogP contribution in [0.5, 0.6) is 11.5 Å². The normalized spacial score (nSPS) is 13.7. The van der Waals surface area contributed by atoms with E-state index in [0.29, 0.717) is 0 Å². The lowest BCUT2D eigenvalue weighted by Gasteiger charge is -2.22. The van der Waals surface area contributed by atoms with Gasteiger partial charge in [0.15, 0.2) is 34.6 Å². The van der Waals surface area contributed by atoms with Gasteiger partial charge in [0.05, 0.1) is 22.3 Å². The van der Waals surface area contributed by atoms with E-state index in [1.54, 1.807) is 24.3 Å². The van der Waals surface area contributed by atoms with Crippen molar-refractivity contribution in [2.75, 3.05) is 11.5 Å². The molecular formula is C28H16N2O8S. The van der Waals surface area contributed by atoms with Gasteiger partial charge in [-0.3, -0.25) is 19.2 Å². The Bertz CT molecular complexity index is 1800. The van der Waals surface area contributed by atoms with E-state index in [1.165, 1.54) is 36.4 Å². The monoisotopic (exact) mass is 540 g/mol. The van der Waals surface area contributed by atoms with Crippen molar-refractivity contribution >= 4 is 44.9 Å². The molecule has 0 bridgehead atoms. The van der Waals surface area contributed by atoms with Crippen LogP contribution in [0.4, 0.5) is 11.4 Å². The molecule has 0 saturated heterocycles. The second kappa shape index (κ2) is 8.36. The molecule has 39 heavy (non-hydrogen) atoms. The second-order valence-corrected chi connectivity index (χ2v) is 9.94. The standard InChI is InChI=1S/C28H16N2O8S/c29-17-9-11-19(23-21(17)25(31)13-5-1-3-7-15(13)27(23)33)37-39(35,36)38-20-12-10-18(30)22-24(20)28(34)16-8-4-2-6-14(16)26(22)32/h1-12H,29-30H2. The minimum Gasteiger partial charge on any atom is -0.398 e. The molecule has 0 atom stereocenters. The van der Waals surface area contributed by atoms with Crippen LogP contribution in [0.25, 0.3) is 0 Å². The van der Waals surface area contributed by atoms with Crippen LogP contribution < -0.4 is 19.8 Å². The predicted octanol–water partition coefficient (Wildman–Crippen LogP) is 3.10. The van der Waals surface area contributed by atoms with Crippen LogP contribution >= 0.6 is 0 Å². The van der Waals surface area contributed by atoms with Gasteiger partial charge in [-0.25, -0.2) is 0 Å². The van der Waals surface area contributed by atoms with Gasteiger partial charge in [0.25, 0.3) is 0 Å². The number of nitrogens with two attached hydrogens (primary N) is 2. The molecule has 6 rings (SSSR count). The second-order valence-electron chi connectivity index (χ2n) is 8.79. The Morgan fingerprint density at radius 2 is 0.769 bits per heavy atom. The number of fused-ring (bicyclic) bond motifs is 4. The van der Waals surface area contributed by atoms with Crippen LogP contribution in [0.3, 0.4) is 0 Å². The fourth-order valence-corrected chi connectivity index (χ4v) is 5.56. The Kier molecular flexibility index (Phi) is 5.16. The highest BCUT2D eigenvalue weighted by Gasteiger charge is 2.37. The lowest BCUT2D eigenvalue weighted by molar-refractivity contribution is 0.0977. The van der Waals surface area contributed by atoms with E-state index in [4.69, 9.17) is 19.8 Å². The van der Waals surface area contributed by atoms with E-state index in [0.717, 1.165) is 12.1 Å². The molecule has 0 spiro atoms. The van der Waals surface area contributed by atoms with Crippen LogP contribution in [0.2, 0.25) is 0 Å². The lowest BCUT2D eigenvalue weighted by Crippen LogP contribution is -2.26. The van der Waals surface area contributed by atoms with Gasteiger partial charge in [-0.2, -0.15) is 0 Å². The molecule has 0 fully saturated rings. The molecule has 0 amide bonds. The average molecular weight is 541 g/mol. The fourth-order valence-electron chi connectivity index (χ4n) is 4.81. The molecule has 2 aliphatic carbocycles. The van der Waals surface area contributed by atoms with Gasteiger partial charge in [-0.1, -0.05) is 48.5 Å². The maximum Gasteiger partial charge on any atom is 0.501 e. The number of hydrogen-bond donors (Lipinski definition) is 2. The Balaban J connectivity index is 1.41. The van der Waals surface area contributed by atoms with Crippen LogP contribution in [0, 0.1) is 0 Å². The summed E-state index contributed by atoms with van der Waals surface area (Å²) in [4.78, 5) is 52.7. The molecule has 11 heteroatoms. The summed E-state index contributed by atoms with van der Waals surface area (Å²) in [6.07, 6.45) is 0. The zero-order valence-corrected chi connectivity index (χ0v) is 20.6. The maximum absolute atomic E-state index is 13.3. The molecule has 4 aromatic carbocycles. The smallest absolute Gasteiger partial charge is 0.398 e. The van der Waals surface area contributed by atoms with Gasteiger partial charge in [-0.05, 0) is 24.3 Å². The number of carbonyl (C=O) groups excluding carboxylic acids is 4. The number of carbonyl (C=O) groups is 4. The van der Waals surface area contributed by atoms with Crippen molar-refractivity contribution in [2.45, 2.75) is 0 Å². The number of anilines is 2. The molecule has 4 aromatic rings. The highest BCUT2D eigenvalue weighted by molar-refractivity contribution is 7.82. The zero-order chi connectivity index (χ0) is 27.6. The molecule has 192 valence electrons. The number of hydrogen-bond acceptors (Lipinski definition) is 10. The Morgan fingerprint density at radius 1 is 0.462 bits per heavy atom. The van der Waals surface area contributed by atoms with Gasteiger partial charge in [0, 0.05) is 33.6 Å². The summed E-state index contributed by atoms with van der Waals surface area (Å²) in [5.74, 6) is -3.47. The van der Waals surface area contributed by atoms with Crippen molar-refractivity contribution in [3.05, 3.63) is 117 Å². The third-order valence-corrected chi connectivity index (χ3v) is 7.29. The quantitative estimate of drug-likeness (QED) is 0.316. The van der Waals surface area contributed by atoms with E-state index < -0.39 is 45.0 Å². The van der Waals surface area contributed by atoms with Gasteiger partial charge in [0.1, 0.15) is 0 Å². The summed E-state index contributed by atoms with van der Waals surface area (Å²) in [6, 6.07) is 16.8. The molecular weight excluding hydrogens is 524 g/mol. The molecule has 2 aliphatic rings. The molecule has 0 saturated carbocycles. The first kappa shape index (κ1) is 24.1. The summed E-state index contributed by atoms with van der Waals surface area (Å²) in [6.45, 7) is 0. The number of nitrogen functional groups attached to an aromatic ring is 2. The molecule has 0 heterocycles. The van der Waals surface area contributed by atoms with Crippen molar-refractivity contribution < 1.29 is 36.0 Å². The average Bonchev–Trinajstić information content (AvgIpc) is 2.92. The minimum absolute atomic E-state index is 0.0427. The van der Waals surface area contributed by atoms with Crippen molar-refractivity contribution in [1.82, 2.24) is 0 Å². The molecule has 0 radical (unpaired) electrons. The number of ketones is 4. The minimum atomic E-state index is -5.03. The van der Waals surface area contributed by atoms with Crippen molar-refractivity contribution in [1.29, 1.82) is 0 Å². The van der Waals surface area contributed by atoms with Crippen molar-refractivity contribution in [2.24, 2.45) is 0 Å². The van der Waals surface area contributed by atoms with Crippen LogP contribution in [-0.4, -0.2) is 31.6 Å². The lowest BCUT2D eigenvalue weighted by atomic mass is 9.83. The summed E-state index contributed by atoms with van der Waals surface area (Å²) in [5, 5.41) is 0. The van der Waals surface area contributed by atoms with Gasteiger partial charge in [0.2, 0.25) is 0 Å². The Labute approximate surface area is 221 Å². The largest absolute Gasteiger partial charge is 0.501 e. The van der Waals surface area contributed by atoms with E-state index in [2.05, 4.69) is 0 Å².